The number of nitrogens with zero attached hydrogens (tertiary/aromatic N) is 1. The summed E-state index contributed by atoms with van der Waals surface area (Å²) in [5.41, 5.74) is 0.336. The van der Waals surface area contributed by atoms with Gasteiger partial charge in [0.1, 0.15) is 5.82 Å². The van der Waals surface area contributed by atoms with Crippen LogP contribution in [0.1, 0.15) is 13.3 Å². The Morgan fingerprint density at radius 1 is 1.35 bits per heavy atom. The molecule has 1 aromatic rings. The van der Waals surface area contributed by atoms with Crippen molar-refractivity contribution in [2.45, 2.75) is 13.3 Å². The number of rotatable bonds is 7. The summed E-state index contributed by atoms with van der Waals surface area (Å²) in [4.78, 5) is 36.6. The topological polar surface area (TPSA) is 99.8 Å². The van der Waals surface area contributed by atoms with E-state index in [0.29, 0.717) is 38.3 Å². The van der Waals surface area contributed by atoms with Crippen LogP contribution < -0.4 is 16.0 Å². The fraction of sp³-hybridized carbons (Fsp3) is 0.471. The predicted octanol–water partition coefficient (Wildman–Crippen LogP) is 1.40. The van der Waals surface area contributed by atoms with Gasteiger partial charge in [-0.25, -0.2) is 9.18 Å². The number of carbonyl (C=O) groups excluding carboxylic acids is 3. The van der Waals surface area contributed by atoms with Gasteiger partial charge in [0, 0.05) is 51.7 Å². The van der Waals surface area contributed by atoms with E-state index in [-0.39, 0.29) is 23.4 Å². The lowest BCUT2D eigenvalue weighted by Gasteiger charge is -2.16. The van der Waals surface area contributed by atoms with Gasteiger partial charge in [-0.05, 0) is 18.2 Å². The van der Waals surface area contributed by atoms with Crippen LogP contribution in [0.5, 0.6) is 0 Å². The van der Waals surface area contributed by atoms with Gasteiger partial charge in [0.2, 0.25) is 11.8 Å². The monoisotopic (exact) mass is 366 g/mol. The maximum Gasteiger partial charge on any atom is 0.319 e. The van der Waals surface area contributed by atoms with Crippen LogP contribution in [0.2, 0.25) is 0 Å². The van der Waals surface area contributed by atoms with Crippen molar-refractivity contribution in [3.63, 3.8) is 0 Å². The molecular weight excluding hydrogens is 343 g/mol. The number of ether oxygens (including phenoxy) is 1. The van der Waals surface area contributed by atoms with Crippen molar-refractivity contribution in [1.82, 2.24) is 10.2 Å². The van der Waals surface area contributed by atoms with Gasteiger partial charge in [0.15, 0.2) is 0 Å². The fourth-order valence-electron chi connectivity index (χ4n) is 2.71. The highest BCUT2D eigenvalue weighted by Crippen LogP contribution is 2.20. The van der Waals surface area contributed by atoms with Crippen LogP contribution in [0.15, 0.2) is 18.2 Å². The quantitative estimate of drug-likeness (QED) is 0.679. The zero-order chi connectivity index (χ0) is 19.1. The lowest BCUT2D eigenvalue weighted by atomic mass is 10.1. The molecule has 0 bridgehead atoms. The van der Waals surface area contributed by atoms with Gasteiger partial charge < -0.3 is 25.6 Å². The van der Waals surface area contributed by atoms with Gasteiger partial charge in [-0.1, -0.05) is 0 Å². The minimum atomic E-state index is -0.615. The number of likely N-dealkylation sites (tertiary alicyclic amines) is 1. The van der Waals surface area contributed by atoms with Crippen LogP contribution >= 0.6 is 0 Å². The van der Waals surface area contributed by atoms with Gasteiger partial charge >= 0.3 is 6.03 Å². The highest BCUT2D eigenvalue weighted by molar-refractivity contribution is 5.92. The smallest absolute Gasteiger partial charge is 0.319 e. The summed E-state index contributed by atoms with van der Waals surface area (Å²) in [6, 6.07) is 3.32. The van der Waals surface area contributed by atoms with Gasteiger partial charge in [0.05, 0.1) is 12.3 Å². The van der Waals surface area contributed by atoms with E-state index in [1.807, 2.05) is 0 Å². The standard InChI is InChI=1S/C17H23FN4O4/c1-11(23)20-13-3-4-14(18)15(8-13)21-17(25)19-9-12-7-16(24)22(10-12)5-6-26-2/h3-4,8,12H,5-7,9-10H2,1-2H3,(H,20,23)(H2,19,21,25)/t12-/m0/s1. The zero-order valence-corrected chi connectivity index (χ0v) is 14.8. The Bertz CT molecular complexity index is 683. The Kier molecular flexibility index (Phi) is 6.90. The molecule has 1 heterocycles. The van der Waals surface area contributed by atoms with E-state index >= 15 is 0 Å². The molecule has 3 N–H and O–H groups in total. The number of amides is 4. The second-order valence-corrected chi connectivity index (χ2v) is 6.11. The van der Waals surface area contributed by atoms with Crippen molar-refractivity contribution in [3.8, 4) is 0 Å². The van der Waals surface area contributed by atoms with Gasteiger partial charge in [-0.3, -0.25) is 9.59 Å². The average molecular weight is 366 g/mol. The van der Waals surface area contributed by atoms with Gasteiger partial charge in [0.25, 0.3) is 0 Å². The maximum atomic E-state index is 13.8. The Balaban J connectivity index is 1.84. The minimum Gasteiger partial charge on any atom is -0.383 e. The molecule has 9 heteroatoms. The van der Waals surface area contributed by atoms with Crippen LogP contribution in [-0.2, 0) is 14.3 Å². The molecule has 0 unspecified atom stereocenters. The highest BCUT2D eigenvalue weighted by Gasteiger charge is 2.29. The molecule has 0 radical (unpaired) electrons. The number of nitrogens with one attached hydrogen (secondary N) is 3. The van der Waals surface area contributed by atoms with E-state index < -0.39 is 11.8 Å². The normalized spacial score (nSPS) is 16.5. The fourth-order valence-corrected chi connectivity index (χ4v) is 2.71. The van der Waals surface area contributed by atoms with Crippen molar-refractivity contribution >= 4 is 29.2 Å². The molecular formula is C17H23FN4O4. The van der Waals surface area contributed by atoms with Crippen LogP contribution in [-0.4, -0.2) is 56.1 Å². The number of urea groups is 1. The first-order valence-corrected chi connectivity index (χ1v) is 8.27. The third kappa shape index (κ3) is 5.69. The first kappa shape index (κ1) is 19.6. The zero-order valence-electron chi connectivity index (χ0n) is 14.8. The lowest BCUT2D eigenvalue weighted by molar-refractivity contribution is -0.128. The molecule has 4 amide bonds. The summed E-state index contributed by atoms with van der Waals surface area (Å²) in [5.74, 6) is -0.879. The number of methoxy groups -OCH3 is 1. The molecule has 1 aromatic carbocycles. The minimum absolute atomic E-state index is 0.000618. The van der Waals surface area contributed by atoms with Crippen molar-refractivity contribution in [2.75, 3.05) is 44.0 Å². The maximum absolute atomic E-state index is 13.8. The second kappa shape index (κ2) is 9.14. The number of carbonyl (C=O) groups is 3. The van der Waals surface area contributed by atoms with Crippen molar-refractivity contribution in [2.24, 2.45) is 5.92 Å². The molecule has 1 aliphatic heterocycles. The van der Waals surface area contributed by atoms with E-state index in [9.17, 15) is 18.8 Å². The summed E-state index contributed by atoms with van der Waals surface area (Å²) >= 11 is 0. The summed E-state index contributed by atoms with van der Waals surface area (Å²) < 4.78 is 18.8. The number of halogens is 1. The Morgan fingerprint density at radius 2 is 2.12 bits per heavy atom. The van der Waals surface area contributed by atoms with Crippen LogP contribution in [0.4, 0.5) is 20.6 Å². The van der Waals surface area contributed by atoms with E-state index in [2.05, 4.69) is 16.0 Å². The molecule has 142 valence electrons. The summed E-state index contributed by atoms with van der Waals surface area (Å²) in [6.07, 6.45) is 0.358. The molecule has 26 heavy (non-hydrogen) atoms. The lowest BCUT2D eigenvalue weighted by Crippen LogP contribution is -2.35. The molecule has 1 saturated heterocycles. The van der Waals surface area contributed by atoms with E-state index in [4.69, 9.17) is 4.74 Å². The Labute approximate surface area is 151 Å². The predicted molar refractivity (Wildman–Crippen MR) is 94.3 cm³/mol. The Hall–Kier alpha value is -2.68. The van der Waals surface area contributed by atoms with Crippen LogP contribution in [0.3, 0.4) is 0 Å². The number of hydrogen-bond donors (Lipinski definition) is 3. The summed E-state index contributed by atoms with van der Waals surface area (Å²) in [6.45, 7) is 3.18. The van der Waals surface area contributed by atoms with E-state index in [1.165, 1.54) is 19.1 Å². The van der Waals surface area contributed by atoms with Crippen LogP contribution in [0.25, 0.3) is 0 Å². The largest absolute Gasteiger partial charge is 0.383 e. The second-order valence-electron chi connectivity index (χ2n) is 6.11. The molecule has 1 aliphatic rings. The van der Waals surface area contributed by atoms with Gasteiger partial charge in [-0.15, -0.1) is 0 Å². The summed E-state index contributed by atoms with van der Waals surface area (Å²) in [5, 5.41) is 7.57. The number of anilines is 2. The van der Waals surface area contributed by atoms with Gasteiger partial charge in [-0.2, -0.15) is 0 Å². The average Bonchev–Trinajstić information content (AvgIpc) is 2.93. The molecule has 1 atom stereocenters. The van der Waals surface area contributed by atoms with E-state index in [1.54, 1.807) is 12.0 Å². The molecule has 0 aromatic heterocycles. The van der Waals surface area contributed by atoms with E-state index in [0.717, 1.165) is 6.07 Å². The SMILES string of the molecule is COCCN1C[C@H](CNC(=O)Nc2cc(NC(C)=O)ccc2F)CC1=O. The van der Waals surface area contributed by atoms with Crippen molar-refractivity contribution in [1.29, 1.82) is 0 Å². The molecule has 0 aliphatic carbocycles. The number of benzene rings is 1. The molecule has 1 fully saturated rings. The molecule has 0 spiro atoms. The molecule has 8 nitrogen and oxygen atoms in total. The molecule has 2 rings (SSSR count). The Morgan fingerprint density at radius 3 is 2.81 bits per heavy atom. The summed E-state index contributed by atoms with van der Waals surface area (Å²) in [7, 11) is 1.57. The number of hydrogen-bond acceptors (Lipinski definition) is 4. The molecule has 0 saturated carbocycles. The highest BCUT2D eigenvalue weighted by atomic mass is 19.1. The first-order valence-electron chi connectivity index (χ1n) is 8.27. The third-order valence-corrected chi connectivity index (χ3v) is 3.95. The van der Waals surface area contributed by atoms with Crippen LogP contribution in [0, 0.1) is 11.7 Å². The third-order valence-electron chi connectivity index (χ3n) is 3.95. The van der Waals surface area contributed by atoms with Crippen molar-refractivity contribution < 1.29 is 23.5 Å². The van der Waals surface area contributed by atoms with Crippen molar-refractivity contribution in [3.05, 3.63) is 24.0 Å². The first-order chi connectivity index (χ1) is 12.4.